The first-order valence-electron chi connectivity index (χ1n) is 9.59. The van der Waals surface area contributed by atoms with Gasteiger partial charge in [-0.15, -0.1) is 0 Å². The average molecular weight is 476 g/mol. The van der Waals surface area contributed by atoms with E-state index < -0.39 is 50.9 Å². The van der Waals surface area contributed by atoms with E-state index in [1.807, 2.05) is 0 Å². The van der Waals surface area contributed by atoms with Crippen LogP contribution in [0.15, 0.2) is 46.2 Å². The Morgan fingerprint density at radius 1 is 1.24 bits per heavy atom. The Hall–Kier alpha value is -3.80. The monoisotopic (exact) mass is 476 g/mol. The number of aromatic nitrogens is 2. The van der Waals surface area contributed by atoms with Crippen LogP contribution in [0.3, 0.4) is 0 Å². The highest BCUT2D eigenvalue weighted by Crippen LogP contribution is 2.24. The summed E-state index contributed by atoms with van der Waals surface area (Å²) < 4.78 is 38.5. The number of halogens is 1. The summed E-state index contributed by atoms with van der Waals surface area (Å²) in [6.45, 7) is -0.762. The molecule has 2 N–H and O–H groups in total. The van der Waals surface area contributed by atoms with Crippen molar-refractivity contribution in [1.29, 1.82) is 0 Å². The molecule has 0 aliphatic carbocycles. The molecule has 10 nitrogen and oxygen atoms in total. The minimum Gasteiger partial charge on any atom is -0.505 e. The van der Waals surface area contributed by atoms with Crippen molar-refractivity contribution in [1.82, 2.24) is 19.8 Å². The van der Waals surface area contributed by atoms with Gasteiger partial charge in [-0.3, -0.25) is 23.9 Å². The fourth-order valence-corrected chi connectivity index (χ4v) is 4.13. The summed E-state index contributed by atoms with van der Waals surface area (Å²) in [6, 6.07) is 6.05. The van der Waals surface area contributed by atoms with Crippen molar-refractivity contribution in [3.05, 3.63) is 63.8 Å². The number of carbonyl (C=O) groups is 2. The molecule has 33 heavy (non-hydrogen) atoms. The summed E-state index contributed by atoms with van der Waals surface area (Å²) in [7, 11) is -0.793. The SMILES string of the molecule is CN(C)C(=O)Cn1c(=O)c(C(=O)NCc2ccc(F)cc2S(C)(=O)=O)c(O)c2ncccc21. The molecule has 2 aromatic heterocycles. The predicted molar refractivity (Wildman–Crippen MR) is 117 cm³/mol. The largest absolute Gasteiger partial charge is 0.505 e. The van der Waals surface area contributed by atoms with Crippen LogP contribution in [0.2, 0.25) is 0 Å². The smallest absolute Gasteiger partial charge is 0.268 e. The second-order valence-corrected chi connectivity index (χ2v) is 9.47. The summed E-state index contributed by atoms with van der Waals surface area (Å²) in [5, 5.41) is 13.0. The maximum atomic E-state index is 13.5. The number of hydrogen-bond donors (Lipinski definition) is 2. The number of amides is 2. The van der Waals surface area contributed by atoms with E-state index >= 15 is 0 Å². The van der Waals surface area contributed by atoms with Crippen molar-refractivity contribution in [2.24, 2.45) is 0 Å². The fourth-order valence-electron chi connectivity index (χ4n) is 3.18. The molecule has 0 saturated heterocycles. The standard InChI is InChI=1S/C21H21FN4O6S/c1-25(2)16(27)11-26-14-5-4-8-23-18(14)19(28)17(21(26)30)20(29)24-10-12-6-7-13(22)9-15(12)33(3,31)32/h4-9,28H,10-11H2,1-3H3,(H,24,29). The normalized spacial score (nSPS) is 11.4. The maximum Gasteiger partial charge on any atom is 0.268 e. The molecule has 3 rings (SSSR count). The van der Waals surface area contributed by atoms with Crippen molar-refractivity contribution in [3.8, 4) is 5.75 Å². The molecular weight excluding hydrogens is 455 g/mol. The zero-order chi connectivity index (χ0) is 24.5. The van der Waals surface area contributed by atoms with Gasteiger partial charge >= 0.3 is 0 Å². The number of pyridine rings is 2. The van der Waals surface area contributed by atoms with Crippen LogP contribution in [-0.4, -0.2) is 60.1 Å². The van der Waals surface area contributed by atoms with Gasteiger partial charge in [-0.2, -0.15) is 0 Å². The van der Waals surface area contributed by atoms with Crippen LogP contribution in [0.25, 0.3) is 11.0 Å². The molecule has 0 aliphatic rings. The Bertz CT molecular complexity index is 1430. The predicted octanol–water partition coefficient (Wildman–Crippen LogP) is 0.663. The number of likely N-dealkylation sites (N-methyl/N-ethyl adjacent to an activating group) is 1. The maximum absolute atomic E-state index is 13.5. The van der Waals surface area contributed by atoms with Gasteiger partial charge in [0.1, 0.15) is 23.4 Å². The number of rotatable bonds is 6. The Labute approximate surface area is 188 Å². The van der Waals surface area contributed by atoms with Gasteiger partial charge in [0.05, 0.1) is 10.4 Å². The molecule has 0 saturated carbocycles. The number of sulfone groups is 1. The third-order valence-electron chi connectivity index (χ3n) is 4.88. The Balaban J connectivity index is 2.05. The van der Waals surface area contributed by atoms with Gasteiger partial charge in [-0.25, -0.2) is 12.8 Å². The van der Waals surface area contributed by atoms with Crippen molar-refractivity contribution < 1.29 is 27.5 Å². The summed E-state index contributed by atoms with van der Waals surface area (Å²) in [4.78, 5) is 43.2. The zero-order valence-electron chi connectivity index (χ0n) is 18.0. The number of benzene rings is 1. The number of nitrogens with zero attached hydrogens (tertiary/aromatic N) is 3. The van der Waals surface area contributed by atoms with E-state index in [0.717, 1.165) is 23.0 Å². The van der Waals surface area contributed by atoms with Gasteiger partial charge in [0.25, 0.3) is 11.5 Å². The molecule has 2 amide bonds. The number of aromatic hydroxyl groups is 1. The second kappa shape index (κ2) is 8.98. The molecule has 0 aliphatic heterocycles. The molecular formula is C21H21FN4O6S. The molecule has 174 valence electrons. The summed E-state index contributed by atoms with van der Waals surface area (Å²) in [5.41, 5.74) is -1.40. The highest BCUT2D eigenvalue weighted by molar-refractivity contribution is 7.90. The van der Waals surface area contributed by atoms with Crippen LogP contribution in [0.5, 0.6) is 5.75 Å². The summed E-state index contributed by atoms with van der Waals surface area (Å²) in [6.07, 6.45) is 2.25. The van der Waals surface area contributed by atoms with Crippen molar-refractivity contribution in [3.63, 3.8) is 0 Å². The first kappa shape index (κ1) is 23.9. The first-order valence-corrected chi connectivity index (χ1v) is 11.5. The highest BCUT2D eigenvalue weighted by atomic mass is 32.2. The van der Waals surface area contributed by atoms with Crippen LogP contribution in [-0.2, 0) is 27.7 Å². The lowest BCUT2D eigenvalue weighted by Crippen LogP contribution is -2.37. The molecule has 0 fully saturated rings. The first-order chi connectivity index (χ1) is 15.4. The average Bonchev–Trinajstić information content (AvgIpc) is 2.75. The molecule has 0 radical (unpaired) electrons. The molecule has 0 spiro atoms. The van der Waals surface area contributed by atoms with Crippen LogP contribution in [0, 0.1) is 5.82 Å². The van der Waals surface area contributed by atoms with Crippen molar-refractivity contribution >= 4 is 32.7 Å². The van der Waals surface area contributed by atoms with Crippen molar-refractivity contribution in [2.75, 3.05) is 20.4 Å². The second-order valence-electron chi connectivity index (χ2n) is 7.48. The third-order valence-corrected chi connectivity index (χ3v) is 6.06. The number of hydrogen-bond acceptors (Lipinski definition) is 7. The number of carbonyl (C=O) groups excluding carboxylic acids is 2. The summed E-state index contributed by atoms with van der Waals surface area (Å²) >= 11 is 0. The molecule has 0 unspecified atom stereocenters. The van der Waals surface area contributed by atoms with Gasteiger partial charge in [-0.05, 0) is 29.8 Å². The fraction of sp³-hybridized carbons (Fsp3) is 0.238. The number of fused-ring (bicyclic) bond motifs is 1. The van der Waals surface area contributed by atoms with Gasteiger partial charge in [-0.1, -0.05) is 6.07 Å². The van der Waals surface area contributed by atoms with Gasteiger partial charge in [0, 0.05) is 33.1 Å². The van der Waals surface area contributed by atoms with Crippen molar-refractivity contribution in [2.45, 2.75) is 18.0 Å². The Kier molecular flexibility index (Phi) is 6.49. The lowest BCUT2D eigenvalue weighted by atomic mass is 10.1. The number of nitrogens with one attached hydrogen (secondary N) is 1. The lowest BCUT2D eigenvalue weighted by Gasteiger charge is -2.16. The van der Waals surface area contributed by atoms with Crippen LogP contribution in [0.4, 0.5) is 4.39 Å². The molecule has 0 bridgehead atoms. The van der Waals surface area contributed by atoms with E-state index in [0.29, 0.717) is 0 Å². The van der Waals surface area contributed by atoms with Gasteiger partial charge in [0.15, 0.2) is 15.6 Å². The van der Waals surface area contributed by atoms with Crippen LogP contribution < -0.4 is 10.9 Å². The van der Waals surface area contributed by atoms with Crippen LogP contribution in [0.1, 0.15) is 15.9 Å². The van der Waals surface area contributed by atoms with Gasteiger partial charge in [0.2, 0.25) is 5.91 Å². The van der Waals surface area contributed by atoms with E-state index in [4.69, 9.17) is 0 Å². The highest BCUT2D eigenvalue weighted by Gasteiger charge is 2.25. The zero-order valence-corrected chi connectivity index (χ0v) is 18.8. The van der Waals surface area contributed by atoms with E-state index in [2.05, 4.69) is 10.3 Å². The molecule has 0 atom stereocenters. The summed E-state index contributed by atoms with van der Waals surface area (Å²) in [5.74, 6) is -2.88. The minimum atomic E-state index is -3.80. The Morgan fingerprint density at radius 3 is 2.58 bits per heavy atom. The quantitative estimate of drug-likeness (QED) is 0.533. The van der Waals surface area contributed by atoms with Crippen LogP contribution >= 0.6 is 0 Å². The molecule has 12 heteroatoms. The topological polar surface area (TPSA) is 139 Å². The minimum absolute atomic E-state index is 0.0626. The molecule has 3 aromatic rings. The van der Waals surface area contributed by atoms with E-state index in [-0.39, 0.29) is 28.0 Å². The van der Waals surface area contributed by atoms with E-state index in [1.165, 1.54) is 43.4 Å². The Morgan fingerprint density at radius 2 is 1.94 bits per heavy atom. The van der Waals surface area contributed by atoms with E-state index in [9.17, 15) is 32.3 Å². The molecule has 1 aromatic carbocycles. The van der Waals surface area contributed by atoms with Gasteiger partial charge < -0.3 is 15.3 Å². The molecule has 2 heterocycles. The van der Waals surface area contributed by atoms with E-state index in [1.54, 1.807) is 0 Å². The third kappa shape index (κ3) is 4.85. The lowest BCUT2D eigenvalue weighted by molar-refractivity contribution is -0.129.